The molecule has 0 bridgehead atoms. The Labute approximate surface area is 205 Å². The molecule has 1 amide bonds. The number of carbonyl (C=O) groups is 1. The van der Waals surface area contributed by atoms with Crippen LogP contribution in [0.4, 0.5) is 0 Å². The van der Waals surface area contributed by atoms with E-state index in [1.54, 1.807) is 0 Å². The number of carbonyl (C=O) groups excluding carboxylic acids is 1. The zero-order valence-electron chi connectivity index (χ0n) is 20.2. The lowest BCUT2D eigenvalue weighted by atomic mass is 10.1. The Morgan fingerprint density at radius 1 is 1.03 bits per heavy atom. The number of nitrogens with zero attached hydrogens (tertiary/aromatic N) is 4. The van der Waals surface area contributed by atoms with Crippen LogP contribution >= 0.6 is 11.8 Å². The van der Waals surface area contributed by atoms with Gasteiger partial charge in [-0.3, -0.25) is 9.36 Å². The van der Waals surface area contributed by atoms with Crippen molar-refractivity contribution < 1.29 is 14.3 Å². The highest BCUT2D eigenvalue weighted by atomic mass is 32.2. The van der Waals surface area contributed by atoms with Crippen LogP contribution in [0.15, 0.2) is 53.7 Å². The molecular weight excluding hydrogens is 448 g/mol. The first kappa shape index (κ1) is 24.1. The van der Waals surface area contributed by atoms with E-state index >= 15 is 0 Å². The van der Waals surface area contributed by atoms with Crippen LogP contribution < -0.4 is 9.47 Å². The monoisotopic (exact) mass is 480 g/mol. The van der Waals surface area contributed by atoms with E-state index in [1.807, 2.05) is 53.4 Å². The maximum Gasteiger partial charge on any atom is 0.233 e. The second kappa shape index (κ2) is 11.0. The number of thioether (sulfide) groups is 1. The Bertz CT molecular complexity index is 1110. The smallest absolute Gasteiger partial charge is 0.233 e. The van der Waals surface area contributed by atoms with Crippen molar-refractivity contribution in [1.29, 1.82) is 0 Å². The molecule has 0 fully saturated rings. The lowest BCUT2D eigenvalue weighted by molar-refractivity contribution is -0.132. The summed E-state index contributed by atoms with van der Waals surface area (Å²) in [5, 5.41) is 9.68. The second-order valence-electron chi connectivity index (χ2n) is 8.55. The summed E-state index contributed by atoms with van der Waals surface area (Å²) in [5.74, 6) is 2.73. The van der Waals surface area contributed by atoms with Gasteiger partial charge in [0.15, 0.2) is 22.5 Å². The van der Waals surface area contributed by atoms with E-state index in [4.69, 9.17) is 9.47 Å². The summed E-state index contributed by atoms with van der Waals surface area (Å²) in [6, 6.07) is 16.3. The van der Waals surface area contributed by atoms with Crippen LogP contribution in [-0.4, -0.2) is 50.2 Å². The molecule has 0 aliphatic carbocycles. The van der Waals surface area contributed by atoms with Crippen molar-refractivity contribution >= 4 is 17.7 Å². The largest absolute Gasteiger partial charge is 0.454 e. The minimum Gasteiger partial charge on any atom is -0.454 e. The Kier molecular flexibility index (Phi) is 7.77. The summed E-state index contributed by atoms with van der Waals surface area (Å²) in [7, 11) is 0. The van der Waals surface area contributed by atoms with Gasteiger partial charge in [0.25, 0.3) is 0 Å². The molecule has 4 rings (SSSR count). The van der Waals surface area contributed by atoms with Crippen LogP contribution in [0.5, 0.6) is 11.5 Å². The third-order valence-electron chi connectivity index (χ3n) is 6.27. The van der Waals surface area contributed by atoms with Gasteiger partial charge in [-0.15, -0.1) is 10.2 Å². The van der Waals surface area contributed by atoms with Gasteiger partial charge in [0.1, 0.15) is 0 Å². The first-order valence-electron chi connectivity index (χ1n) is 11.8. The molecule has 1 aliphatic heterocycles. The number of benzene rings is 2. The summed E-state index contributed by atoms with van der Waals surface area (Å²) in [6.45, 7) is 9.27. The molecule has 0 spiro atoms. The molecule has 2 heterocycles. The molecule has 0 unspecified atom stereocenters. The predicted molar refractivity (Wildman–Crippen MR) is 134 cm³/mol. The molecule has 8 heteroatoms. The minimum absolute atomic E-state index is 0.132. The number of amides is 1. The van der Waals surface area contributed by atoms with Gasteiger partial charge in [-0.25, -0.2) is 0 Å². The molecular formula is C26H32N4O3S. The lowest BCUT2D eigenvalue weighted by Crippen LogP contribution is -2.45. The molecule has 2 aromatic carbocycles. The second-order valence-corrected chi connectivity index (χ2v) is 9.49. The molecule has 34 heavy (non-hydrogen) atoms. The van der Waals surface area contributed by atoms with Gasteiger partial charge in [0.05, 0.1) is 12.3 Å². The van der Waals surface area contributed by atoms with Gasteiger partial charge < -0.3 is 14.4 Å². The summed E-state index contributed by atoms with van der Waals surface area (Å²) in [5.41, 5.74) is 2.03. The highest BCUT2D eigenvalue weighted by Crippen LogP contribution is 2.34. The average molecular weight is 481 g/mol. The van der Waals surface area contributed by atoms with Gasteiger partial charge >= 0.3 is 0 Å². The van der Waals surface area contributed by atoms with E-state index in [2.05, 4.69) is 42.5 Å². The Morgan fingerprint density at radius 2 is 1.74 bits per heavy atom. The minimum atomic E-state index is 0.132. The quantitative estimate of drug-likeness (QED) is 0.370. The van der Waals surface area contributed by atoms with Crippen LogP contribution in [0, 0.1) is 0 Å². The summed E-state index contributed by atoms with van der Waals surface area (Å²) in [4.78, 5) is 15.2. The molecule has 0 N–H and O–H groups in total. The maximum absolute atomic E-state index is 13.2. The summed E-state index contributed by atoms with van der Waals surface area (Å²) in [6.07, 6.45) is 1.86. The SMILES string of the molecule is CC[C@@H](C)N(C(=O)CSc1nnc(-c2ccccc2)n1Cc1ccc2c(c1)OCO2)[C@H](C)CC. The first-order chi connectivity index (χ1) is 16.5. The van der Waals surface area contributed by atoms with Crippen molar-refractivity contribution in [3.05, 3.63) is 54.1 Å². The summed E-state index contributed by atoms with van der Waals surface area (Å²) >= 11 is 1.44. The Balaban J connectivity index is 1.60. The van der Waals surface area contributed by atoms with Crippen LogP contribution in [-0.2, 0) is 11.3 Å². The average Bonchev–Trinajstić information content (AvgIpc) is 3.49. The van der Waals surface area contributed by atoms with Crippen molar-refractivity contribution in [3.8, 4) is 22.9 Å². The van der Waals surface area contributed by atoms with Crippen molar-refractivity contribution in [1.82, 2.24) is 19.7 Å². The van der Waals surface area contributed by atoms with Gasteiger partial charge in [-0.2, -0.15) is 0 Å². The van der Waals surface area contributed by atoms with E-state index in [0.29, 0.717) is 12.3 Å². The molecule has 0 radical (unpaired) electrons. The molecule has 7 nitrogen and oxygen atoms in total. The fourth-order valence-corrected chi connectivity index (χ4v) is 4.89. The van der Waals surface area contributed by atoms with E-state index in [-0.39, 0.29) is 24.8 Å². The summed E-state index contributed by atoms with van der Waals surface area (Å²) < 4.78 is 13.1. The zero-order chi connectivity index (χ0) is 24.1. The van der Waals surface area contributed by atoms with Gasteiger partial charge in [0, 0.05) is 17.6 Å². The lowest BCUT2D eigenvalue weighted by Gasteiger charge is -2.34. The molecule has 2 atom stereocenters. The van der Waals surface area contributed by atoms with Crippen LogP contribution in [0.3, 0.4) is 0 Å². The fraction of sp³-hybridized carbons (Fsp3) is 0.423. The van der Waals surface area contributed by atoms with E-state index in [0.717, 1.165) is 46.4 Å². The molecule has 0 saturated carbocycles. The van der Waals surface area contributed by atoms with E-state index in [9.17, 15) is 4.79 Å². The van der Waals surface area contributed by atoms with Gasteiger partial charge in [0.2, 0.25) is 12.7 Å². The Hall–Kier alpha value is -3.00. The highest BCUT2D eigenvalue weighted by molar-refractivity contribution is 7.99. The standard InChI is InChI=1S/C26H32N4O3S/c1-5-18(3)30(19(4)6-2)24(31)16-34-26-28-27-25(21-10-8-7-9-11-21)29(26)15-20-12-13-22-23(14-20)33-17-32-22/h7-14,18-19H,5-6,15-17H2,1-4H3/t18-,19-/m1/s1. The number of ether oxygens (including phenoxy) is 2. The highest BCUT2D eigenvalue weighted by Gasteiger charge is 2.25. The normalized spacial score (nSPS) is 14.1. The van der Waals surface area contributed by atoms with Crippen molar-refractivity contribution in [2.45, 2.75) is 64.3 Å². The van der Waals surface area contributed by atoms with Crippen LogP contribution in [0.1, 0.15) is 46.1 Å². The van der Waals surface area contributed by atoms with Crippen molar-refractivity contribution in [3.63, 3.8) is 0 Å². The van der Waals surface area contributed by atoms with Crippen molar-refractivity contribution in [2.75, 3.05) is 12.5 Å². The van der Waals surface area contributed by atoms with Gasteiger partial charge in [-0.1, -0.05) is 62.0 Å². The van der Waals surface area contributed by atoms with Gasteiger partial charge in [-0.05, 0) is 44.4 Å². The number of hydrogen-bond donors (Lipinski definition) is 0. The van der Waals surface area contributed by atoms with Crippen LogP contribution in [0.25, 0.3) is 11.4 Å². The van der Waals surface area contributed by atoms with Crippen molar-refractivity contribution in [2.24, 2.45) is 0 Å². The predicted octanol–water partition coefficient (Wildman–Crippen LogP) is 5.24. The zero-order valence-corrected chi connectivity index (χ0v) is 21.0. The third-order valence-corrected chi connectivity index (χ3v) is 7.22. The topological polar surface area (TPSA) is 69.5 Å². The number of aromatic nitrogens is 3. The molecule has 1 aromatic heterocycles. The van der Waals surface area contributed by atoms with Crippen LogP contribution in [0.2, 0.25) is 0 Å². The number of rotatable bonds is 10. The van der Waals surface area contributed by atoms with E-state index in [1.165, 1.54) is 11.8 Å². The van der Waals surface area contributed by atoms with E-state index < -0.39 is 0 Å². The number of hydrogen-bond acceptors (Lipinski definition) is 6. The molecule has 1 aliphatic rings. The number of fused-ring (bicyclic) bond motifs is 1. The molecule has 0 saturated heterocycles. The molecule has 3 aromatic rings. The Morgan fingerprint density at radius 3 is 2.44 bits per heavy atom. The molecule has 180 valence electrons. The fourth-order valence-electron chi connectivity index (χ4n) is 4.08. The third kappa shape index (κ3) is 5.22. The maximum atomic E-state index is 13.2. The first-order valence-corrected chi connectivity index (χ1v) is 12.8.